The molecule has 0 bridgehead atoms. The topological polar surface area (TPSA) is 23.8 Å². The predicted octanol–water partition coefficient (Wildman–Crippen LogP) is 5.02. The van der Waals surface area contributed by atoms with Crippen LogP contribution < -0.4 is 0 Å². The summed E-state index contributed by atoms with van der Waals surface area (Å²) >= 11 is 0. The van der Waals surface area contributed by atoms with Gasteiger partial charge in [-0.15, -0.1) is 0 Å². The lowest BCUT2D eigenvalue weighted by molar-refractivity contribution is 1.51. The maximum absolute atomic E-state index is 9.23. The minimum absolute atomic E-state index is 0.734. The highest BCUT2D eigenvalue weighted by Crippen LogP contribution is 2.32. The van der Waals surface area contributed by atoms with Gasteiger partial charge < -0.3 is 0 Å². The molecule has 20 heavy (non-hydrogen) atoms. The standard InChI is InChI=1S/C19H11N/c20-12-14-5-3-7-17-16(14)10-11-18-15-6-2-1-4-13(15)8-9-19(17)18/h1-11H. The Kier molecular flexibility index (Phi) is 2.25. The first-order chi connectivity index (χ1) is 9.88. The van der Waals surface area contributed by atoms with E-state index in [2.05, 4.69) is 60.7 Å². The van der Waals surface area contributed by atoms with E-state index in [1.165, 1.54) is 21.5 Å². The number of nitriles is 1. The lowest BCUT2D eigenvalue weighted by atomic mass is 9.95. The van der Waals surface area contributed by atoms with Gasteiger partial charge in [0.05, 0.1) is 11.6 Å². The van der Waals surface area contributed by atoms with Gasteiger partial charge in [-0.1, -0.05) is 60.7 Å². The molecule has 4 rings (SSSR count). The zero-order chi connectivity index (χ0) is 13.5. The van der Waals surface area contributed by atoms with Gasteiger partial charge in [0.1, 0.15) is 0 Å². The second kappa shape index (κ2) is 4.08. The van der Waals surface area contributed by atoms with Crippen molar-refractivity contribution in [2.45, 2.75) is 0 Å². The SMILES string of the molecule is N#Cc1cccc2c1ccc1c3ccccc3ccc21. The maximum Gasteiger partial charge on any atom is 0.0998 e. The minimum atomic E-state index is 0.734. The number of hydrogen-bond donors (Lipinski definition) is 0. The molecule has 0 atom stereocenters. The van der Waals surface area contributed by atoms with Crippen LogP contribution in [0.25, 0.3) is 32.3 Å². The van der Waals surface area contributed by atoms with Gasteiger partial charge in [-0.2, -0.15) is 5.26 Å². The number of nitrogens with zero attached hydrogens (tertiary/aromatic N) is 1. The van der Waals surface area contributed by atoms with Crippen LogP contribution in [0.15, 0.2) is 66.7 Å². The van der Waals surface area contributed by atoms with E-state index in [-0.39, 0.29) is 0 Å². The molecule has 0 aliphatic carbocycles. The van der Waals surface area contributed by atoms with E-state index in [1.807, 2.05) is 12.1 Å². The van der Waals surface area contributed by atoms with Crippen LogP contribution in [0.4, 0.5) is 0 Å². The van der Waals surface area contributed by atoms with E-state index >= 15 is 0 Å². The lowest BCUT2D eigenvalue weighted by Gasteiger charge is -2.08. The largest absolute Gasteiger partial charge is 0.192 e. The quantitative estimate of drug-likeness (QED) is 0.404. The van der Waals surface area contributed by atoms with Crippen LogP contribution in [0.1, 0.15) is 5.56 Å². The highest BCUT2D eigenvalue weighted by molar-refractivity contribution is 6.17. The highest BCUT2D eigenvalue weighted by atomic mass is 14.2. The fourth-order valence-corrected chi connectivity index (χ4v) is 2.95. The highest BCUT2D eigenvalue weighted by Gasteiger charge is 2.06. The number of hydrogen-bond acceptors (Lipinski definition) is 1. The minimum Gasteiger partial charge on any atom is -0.192 e. The van der Waals surface area contributed by atoms with Crippen molar-refractivity contribution < 1.29 is 0 Å². The molecule has 0 aliphatic heterocycles. The molecular weight excluding hydrogens is 242 g/mol. The Bertz CT molecular complexity index is 1010. The maximum atomic E-state index is 9.23. The Balaban J connectivity index is 2.27. The Hall–Kier alpha value is -2.85. The van der Waals surface area contributed by atoms with Crippen molar-refractivity contribution in [3.05, 3.63) is 72.3 Å². The van der Waals surface area contributed by atoms with Crippen LogP contribution in [0.2, 0.25) is 0 Å². The number of benzene rings is 4. The fourth-order valence-electron chi connectivity index (χ4n) is 2.95. The zero-order valence-electron chi connectivity index (χ0n) is 10.8. The molecule has 4 aromatic rings. The molecular formula is C19H11N. The molecule has 0 aromatic heterocycles. The summed E-state index contributed by atoms with van der Waals surface area (Å²) in [4.78, 5) is 0. The summed E-state index contributed by atoms with van der Waals surface area (Å²) in [5.41, 5.74) is 0.734. The average Bonchev–Trinajstić information content (AvgIpc) is 2.53. The Morgan fingerprint density at radius 1 is 0.550 bits per heavy atom. The third kappa shape index (κ3) is 1.42. The normalized spacial score (nSPS) is 10.9. The summed E-state index contributed by atoms with van der Waals surface area (Å²) in [6.45, 7) is 0. The summed E-state index contributed by atoms with van der Waals surface area (Å²) in [6.07, 6.45) is 0. The summed E-state index contributed by atoms with van der Waals surface area (Å²) < 4.78 is 0. The van der Waals surface area contributed by atoms with Crippen molar-refractivity contribution in [3.63, 3.8) is 0 Å². The van der Waals surface area contributed by atoms with Gasteiger partial charge in [0.15, 0.2) is 0 Å². The molecule has 4 aromatic carbocycles. The van der Waals surface area contributed by atoms with Gasteiger partial charge in [0.25, 0.3) is 0 Å². The van der Waals surface area contributed by atoms with Crippen LogP contribution in [0.5, 0.6) is 0 Å². The van der Waals surface area contributed by atoms with E-state index in [0.717, 1.165) is 16.3 Å². The molecule has 0 heterocycles. The molecule has 0 spiro atoms. The summed E-state index contributed by atoms with van der Waals surface area (Å²) in [7, 11) is 0. The van der Waals surface area contributed by atoms with Crippen molar-refractivity contribution in [1.29, 1.82) is 5.26 Å². The Morgan fingerprint density at radius 2 is 1.20 bits per heavy atom. The van der Waals surface area contributed by atoms with Crippen molar-refractivity contribution in [1.82, 2.24) is 0 Å². The molecule has 0 amide bonds. The van der Waals surface area contributed by atoms with Crippen molar-refractivity contribution in [2.75, 3.05) is 0 Å². The van der Waals surface area contributed by atoms with Crippen LogP contribution in [0, 0.1) is 11.3 Å². The van der Waals surface area contributed by atoms with E-state index in [1.54, 1.807) is 0 Å². The van der Waals surface area contributed by atoms with Crippen molar-refractivity contribution in [2.24, 2.45) is 0 Å². The second-order valence-corrected chi connectivity index (χ2v) is 4.96. The fraction of sp³-hybridized carbons (Fsp3) is 0. The first kappa shape index (κ1) is 11.0. The number of fused-ring (bicyclic) bond motifs is 5. The zero-order valence-corrected chi connectivity index (χ0v) is 10.8. The monoisotopic (exact) mass is 253 g/mol. The lowest BCUT2D eigenvalue weighted by Crippen LogP contribution is -1.83. The molecule has 0 saturated heterocycles. The molecule has 0 fully saturated rings. The van der Waals surface area contributed by atoms with Crippen LogP contribution in [0.3, 0.4) is 0 Å². The van der Waals surface area contributed by atoms with Crippen LogP contribution in [-0.4, -0.2) is 0 Å². The third-order valence-electron chi connectivity index (χ3n) is 3.90. The predicted molar refractivity (Wildman–Crippen MR) is 83.7 cm³/mol. The third-order valence-corrected chi connectivity index (χ3v) is 3.90. The molecule has 0 unspecified atom stereocenters. The summed E-state index contributed by atoms with van der Waals surface area (Å²) in [6, 6.07) is 25.1. The van der Waals surface area contributed by atoms with Gasteiger partial charge in [-0.3, -0.25) is 0 Å². The molecule has 0 saturated carbocycles. The molecule has 0 N–H and O–H groups in total. The van der Waals surface area contributed by atoms with Crippen LogP contribution in [-0.2, 0) is 0 Å². The van der Waals surface area contributed by atoms with Gasteiger partial charge in [0, 0.05) is 5.39 Å². The van der Waals surface area contributed by atoms with E-state index in [0.29, 0.717) is 0 Å². The second-order valence-electron chi connectivity index (χ2n) is 4.96. The van der Waals surface area contributed by atoms with Gasteiger partial charge in [-0.05, 0) is 33.0 Å². The molecule has 0 radical (unpaired) electrons. The van der Waals surface area contributed by atoms with Crippen molar-refractivity contribution >= 4 is 32.3 Å². The first-order valence-electron chi connectivity index (χ1n) is 6.62. The summed E-state index contributed by atoms with van der Waals surface area (Å²) in [5, 5.41) is 16.4. The molecule has 1 nitrogen and oxygen atoms in total. The summed E-state index contributed by atoms with van der Waals surface area (Å²) in [5.74, 6) is 0. The number of rotatable bonds is 0. The first-order valence-corrected chi connectivity index (χ1v) is 6.62. The van der Waals surface area contributed by atoms with Gasteiger partial charge >= 0.3 is 0 Å². The van der Waals surface area contributed by atoms with Gasteiger partial charge in [0.2, 0.25) is 0 Å². The van der Waals surface area contributed by atoms with E-state index in [4.69, 9.17) is 0 Å². The molecule has 92 valence electrons. The van der Waals surface area contributed by atoms with E-state index < -0.39 is 0 Å². The molecule has 0 aliphatic rings. The average molecular weight is 253 g/mol. The smallest absolute Gasteiger partial charge is 0.0998 e. The molecule has 1 heteroatoms. The van der Waals surface area contributed by atoms with E-state index in [9.17, 15) is 5.26 Å². The van der Waals surface area contributed by atoms with Crippen LogP contribution >= 0.6 is 0 Å². The van der Waals surface area contributed by atoms with Crippen molar-refractivity contribution in [3.8, 4) is 6.07 Å². The Labute approximate surface area is 116 Å². The Morgan fingerprint density at radius 3 is 2.10 bits per heavy atom. The van der Waals surface area contributed by atoms with Gasteiger partial charge in [-0.25, -0.2) is 0 Å².